The van der Waals surface area contributed by atoms with Gasteiger partial charge < -0.3 is 23.7 Å². The van der Waals surface area contributed by atoms with Gasteiger partial charge in [0, 0.05) is 0 Å². The molecule has 5 heteroatoms. The van der Waals surface area contributed by atoms with Crippen LogP contribution >= 0.6 is 0 Å². The molecule has 2 aliphatic rings. The van der Waals surface area contributed by atoms with E-state index in [9.17, 15) is 0 Å². The van der Waals surface area contributed by atoms with E-state index in [0.717, 1.165) is 5.56 Å². The molecule has 32 heavy (non-hydrogen) atoms. The topological polar surface area (TPSA) is 49.5 Å². The lowest BCUT2D eigenvalue weighted by Gasteiger charge is -2.35. The number of ether oxygens (including phenoxy) is 5. The highest BCUT2D eigenvalue weighted by Crippen LogP contribution is 2.39. The molecule has 0 N–H and O–H groups in total. The fourth-order valence-electron chi connectivity index (χ4n) is 3.70. The number of fused-ring (bicyclic) bond motifs is 1. The van der Waals surface area contributed by atoms with Crippen LogP contribution in [-0.2, 0) is 43.4 Å². The Balaban J connectivity index is 1.34. The second-order valence-electron chi connectivity index (χ2n) is 7.76. The number of hydrogen-bond acceptors (Lipinski definition) is 5. The van der Waals surface area contributed by atoms with Gasteiger partial charge in [0.25, 0.3) is 0 Å². The predicted molar refractivity (Wildman–Crippen MR) is 120 cm³/mol. The van der Waals surface area contributed by atoms with Gasteiger partial charge in [0.2, 0.25) is 0 Å². The summed E-state index contributed by atoms with van der Waals surface area (Å²) >= 11 is 0. The van der Waals surface area contributed by atoms with Crippen molar-refractivity contribution in [1.29, 1.82) is 0 Å². The Morgan fingerprint density at radius 1 is 0.625 bits per heavy atom. The summed E-state index contributed by atoms with van der Waals surface area (Å²) in [6, 6.07) is 27.8. The van der Waals surface area contributed by atoms with Crippen LogP contribution in [0.1, 0.15) is 20.8 Å². The van der Waals surface area contributed by atoms with Gasteiger partial charge >= 0.3 is 0 Å². The zero-order valence-corrected chi connectivity index (χ0v) is 17.5. The van der Waals surface area contributed by atoms with Crippen molar-refractivity contribution in [2.75, 3.05) is 6.61 Å². The zero-order valence-electron chi connectivity index (χ0n) is 20.5. The number of hydrogen-bond donors (Lipinski definition) is 0. The van der Waals surface area contributed by atoms with Gasteiger partial charge in [0.1, 0.15) is 24.4 Å². The van der Waals surface area contributed by atoms with Crippen LogP contribution in [0.25, 0.3) is 0 Å². The van der Waals surface area contributed by atoms with Crippen molar-refractivity contribution in [3.05, 3.63) is 108 Å². The van der Waals surface area contributed by atoms with E-state index in [1.54, 1.807) is 0 Å². The standard InChI is InChI=1S/C27H28O5/c1-4-10-20(11-5-1)16-28-19-23-24(29-17-21-12-6-2-7-13-21)25(26-27(31-23)32-26)30-18-22-14-8-3-9-15-22/h1-15,23-27H,16-19H2/t23-,24-,25+,26-,27?/m1/s1/i16D,17D,18D/t16?,17?,18?,23-,24-,25+,26-,27?. The van der Waals surface area contributed by atoms with Crippen molar-refractivity contribution in [2.24, 2.45) is 0 Å². The van der Waals surface area contributed by atoms with Gasteiger partial charge in [0.05, 0.1) is 30.5 Å². The normalized spacial score (nSPS) is 30.8. The first-order valence-electron chi connectivity index (χ1n) is 12.5. The molecule has 2 heterocycles. The minimum Gasteiger partial charge on any atom is -0.374 e. The lowest BCUT2D eigenvalue weighted by Crippen LogP contribution is -2.52. The summed E-state index contributed by atoms with van der Waals surface area (Å²) < 4.78 is 55.4. The quantitative estimate of drug-likeness (QED) is 0.439. The Morgan fingerprint density at radius 3 is 1.69 bits per heavy atom. The summed E-state index contributed by atoms with van der Waals surface area (Å²) in [5.41, 5.74) is 2.13. The highest BCUT2D eigenvalue weighted by Gasteiger charge is 2.58. The molecular weight excluding hydrogens is 404 g/mol. The van der Waals surface area contributed by atoms with Crippen LogP contribution in [0.3, 0.4) is 0 Å². The molecule has 2 aliphatic heterocycles. The van der Waals surface area contributed by atoms with Crippen molar-refractivity contribution in [3.63, 3.8) is 0 Å². The third-order valence-electron chi connectivity index (χ3n) is 5.41. The van der Waals surface area contributed by atoms with Gasteiger partial charge in [-0.2, -0.15) is 0 Å². The highest BCUT2D eigenvalue weighted by molar-refractivity contribution is 5.15. The molecule has 0 aliphatic carbocycles. The predicted octanol–water partition coefficient (Wildman–Crippen LogP) is 4.50. The molecule has 2 saturated heterocycles. The molecule has 166 valence electrons. The summed E-state index contributed by atoms with van der Waals surface area (Å²) in [4.78, 5) is 0. The monoisotopic (exact) mass is 435 g/mol. The average Bonchev–Trinajstić information content (AvgIpc) is 3.69. The second kappa shape index (κ2) is 10.4. The average molecular weight is 436 g/mol. The van der Waals surface area contributed by atoms with Gasteiger partial charge in [-0.1, -0.05) is 91.0 Å². The highest BCUT2D eigenvalue weighted by atomic mass is 16.8. The van der Waals surface area contributed by atoms with Crippen molar-refractivity contribution in [2.45, 2.75) is 50.5 Å². The first kappa shape index (κ1) is 18.0. The maximum absolute atomic E-state index is 8.61. The van der Waals surface area contributed by atoms with Crippen LogP contribution in [0.5, 0.6) is 0 Å². The number of rotatable bonds is 10. The molecule has 5 rings (SSSR count). The first-order chi connectivity index (χ1) is 17.1. The Hall–Kier alpha value is -2.54. The summed E-state index contributed by atoms with van der Waals surface area (Å²) in [6.45, 7) is -2.79. The molecule has 0 radical (unpaired) electrons. The molecule has 0 saturated carbocycles. The van der Waals surface area contributed by atoms with Crippen LogP contribution < -0.4 is 0 Å². The fourth-order valence-corrected chi connectivity index (χ4v) is 3.70. The van der Waals surface area contributed by atoms with Gasteiger partial charge in [-0.25, -0.2) is 0 Å². The maximum Gasteiger partial charge on any atom is 0.187 e. The van der Waals surface area contributed by atoms with Gasteiger partial charge in [0.15, 0.2) is 6.29 Å². The molecule has 0 spiro atoms. The number of epoxide rings is 1. The molecule has 3 aromatic rings. The Morgan fingerprint density at radius 2 is 1.12 bits per heavy atom. The van der Waals surface area contributed by atoms with Crippen LogP contribution in [0.4, 0.5) is 0 Å². The smallest absolute Gasteiger partial charge is 0.187 e. The summed E-state index contributed by atoms with van der Waals surface area (Å²) in [5, 5.41) is 0. The van der Waals surface area contributed by atoms with Crippen molar-refractivity contribution >= 4 is 0 Å². The molecule has 2 fully saturated rings. The summed E-state index contributed by atoms with van der Waals surface area (Å²) in [6.07, 6.45) is -2.89. The van der Waals surface area contributed by atoms with Crippen molar-refractivity contribution in [1.82, 2.24) is 0 Å². The first-order valence-corrected chi connectivity index (χ1v) is 10.7. The molecule has 3 aromatic carbocycles. The third kappa shape index (κ3) is 5.44. The van der Waals surface area contributed by atoms with Crippen LogP contribution in [-0.4, -0.2) is 37.3 Å². The van der Waals surface area contributed by atoms with Crippen molar-refractivity contribution < 1.29 is 27.8 Å². The zero-order chi connectivity index (χ0) is 24.2. The van der Waals surface area contributed by atoms with Crippen molar-refractivity contribution in [3.8, 4) is 0 Å². The molecule has 0 bridgehead atoms. The Labute approximate surface area is 193 Å². The van der Waals surface area contributed by atoms with Crippen LogP contribution in [0.15, 0.2) is 91.0 Å². The lowest BCUT2D eigenvalue weighted by molar-refractivity contribution is -0.192. The Bertz CT molecular complexity index is 1060. The molecule has 0 amide bonds. The molecule has 4 unspecified atom stereocenters. The van der Waals surface area contributed by atoms with Crippen LogP contribution in [0, 0.1) is 0 Å². The van der Waals surface area contributed by atoms with Crippen LogP contribution in [0.2, 0.25) is 0 Å². The van der Waals surface area contributed by atoms with E-state index < -0.39 is 50.5 Å². The lowest BCUT2D eigenvalue weighted by atomic mass is 10.0. The minimum atomic E-state index is -0.990. The largest absolute Gasteiger partial charge is 0.374 e. The van der Waals surface area contributed by atoms with E-state index >= 15 is 0 Å². The maximum atomic E-state index is 8.61. The summed E-state index contributed by atoms with van der Waals surface area (Å²) in [7, 11) is 0. The van der Waals surface area contributed by atoms with E-state index in [1.807, 2.05) is 91.0 Å². The SMILES string of the molecule is [2H]C(OC[C@H]1OC2O[C@@H]2[C@@H](OC([2H])c2ccccc2)[C@@H]1OC([2H])c1ccccc1)c1ccccc1. The van der Waals surface area contributed by atoms with Gasteiger partial charge in [-0.15, -0.1) is 0 Å². The van der Waals surface area contributed by atoms with Gasteiger partial charge in [-0.3, -0.25) is 0 Å². The summed E-state index contributed by atoms with van der Waals surface area (Å²) in [5.74, 6) is 0. The van der Waals surface area contributed by atoms with E-state index in [1.165, 1.54) is 0 Å². The Kier molecular flexibility index (Phi) is 5.83. The number of benzene rings is 3. The molecule has 8 atom stereocenters. The minimum absolute atomic E-state index is 0.0513. The molecule has 5 nitrogen and oxygen atoms in total. The van der Waals surface area contributed by atoms with E-state index in [0.29, 0.717) is 11.1 Å². The van der Waals surface area contributed by atoms with Gasteiger partial charge in [-0.05, 0) is 16.7 Å². The van der Waals surface area contributed by atoms with E-state index in [2.05, 4.69) is 0 Å². The second-order valence-corrected chi connectivity index (χ2v) is 7.76. The molecular formula is C27H28O5. The van der Waals surface area contributed by atoms with E-state index in [4.69, 9.17) is 27.8 Å². The third-order valence-corrected chi connectivity index (χ3v) is 5.41. The molecule has 0 aromatic heterocycles. The fraction of sp³-hybridized carbons (Fsp3) is 0.333. The van der Waals surface area contributed by atoms with E-state index in [-0.39, 0.29) is 6.61 Å².